The predicted octanol–water partition coefficient (Wildman–Crippen LogP) is 1.46. The number of rotatable bonds is 5. The highest BCUT2D eigenvalue weighted by molar-refractivity contribution is 7.98. The summed E-state index contributed by atoms with van der Waals surface area (Å²) in [5.74, 6) is -0.183. The fraction of sp³-hybridized carbons (Fsp3) is 0.273. The summed E-state index contributed by atoms with van der Waals surface area (Å²) in [7, 11) is 0. The van der Waals surface area contributed by atoms with E-state index in [-0.39, 0.29) is 19.0 Å². The van der Waals surface area contributed by atoms with Crippen molar-refractivity contribution < 1.29 is 4.79 Å². The van der Waals surface area contributed by atoms with E-state index in [1.165, 1.54) is 0 Å². The highest BCUT2D eigenvalue weighted by Crippen LogP contribution is 2.24. The molecule has 4 nitrogen and oxygen atoms in total. The van der Waals surface area contributed by atoms with E-state index in [9.17, 15) is 4.79 Å². The molecule has 1 amide bonds. The van der Waals surface area contributed by atoms with Gasteiger partial charge in [0.25, 0.3) is 0 Å². The molecule has 0 atom stereocenters. The van der Waals surface area contributed by atoms with Crippen molar-refractivity contribution in [3.05, 3.63) is 24.3 Å². The summed E-state index contributed by atoms with van der Waals surface area (Å²) in [6.45, 7) is 0.226. The van der Waals surface area contributed by atoms with E-state index in [1.54, 1.807) is 11.8 Å². The fourth-order valence-electron chi connectivity index (χ4n) is 1.17. The Labute approximate surface area is 99.0 Å². The number of hydrogen-bond acceptors (Lipinski definition) is 4. The average molecular weight is 235 g/mol. The number of benzene rings is 1. The first-order valence-corrected chi connectivity index (χ1v) is 6.01. The van der Waals surface area contributed by atoms with Crippen LogP contribution < -0.4 is 10.6 Å². The molecule has 0 aromatic heterocycles. The number of para-hydroxylation sites is 1. The van der Waals surface area contributed by atoms with Gasteiger partial charge >= 0.3 is 0 Å². The van der Waals surface area contributed by atoms with Crippen LogP contribution >= 0.6 is 11.8 Å². The molecule has 0 radical (unpaired) electrons. The lowest BCUT2D eigenvalue weighted by molar-refractivity contribution is -0.119. The number of amides is 1. The van der Waals surface area contributed by atoms with Crippen LogP contribution in [0.4, 0.5) is 5.69 Å². The van der Waals surface area contributed by atoms with Gasteiger partial charge in [0.15, 0.2) is 0 Å². The van der Waals surface area contributed by atoms with Crippen LogP contribution in [0.25, 0.3) is 0 Å². The van der Waals surface area contributed by atoms with Gasteiger partial charge in [-0.3, -0.25) is 4.79 Å². The minimum Gasteiger partial charge on any atom is -0.375 e. The third-order valence-electron chi connectivity index (χ3n) is 1.91. The highest BCUT2D eigenvalue weighted by Gasteiger charge is 2.02. The number of hydrogen-bond donors (Lipinski definition) is 2. The van der Waals surface area contributed by atoms with Crippen LogP contribution in [0.15, 0.2) is 29.2 Å². The quantitative estimate of drug-likeness (QED) is 0.599. The van der Waals surface area contributed by atoms with Crippen LogP contribution in [-0.2, 0) is 4.79 Å². The molecule has 0 unspecified atom stereocenters. The number of nitriles is 1. The molecule has 84 valence electrons. The van der Waals surface area contributed by atoms with E-state index in [1.807, 2.05) is 36.6 Å². The molecule has 0 fully saturated rings. The molecule has 5 heteroatoms. The molecule has 0 saturated carbocycles. The number of carbonyl (C=O) groups is 1. The van der Waals surface area contributed by atoms with Gasteiger partial charge in [0.05, 0.1) is 12.6 Å². The van der Waals surface area contributed by atoms with Gasteiger partial charge in [-0.1, -0.05) is 12.1 Å². The van der Waals surface area contributed by atoms with Crippen LogP contribution in [0.2, 0.25) is 0 Å². The van der Waals surface area contributed by atoms with Gasteiger partial charge in [0, 0.05) is 10.6 Å². The lowest BCUT2D eigenvalue weighted by Gasteiger charge is -2.09. The van der Waals surface area contributed by atoms with Crippen molar-refractivity contribution >= 4 is 23.4 Å². The Bertz CT molecular complexity index is 400. The first-order chi connectivity index (χ1) is 7.77. The third-order valence-corrected chi connectivity index (χ3v) is 2.71. The molecule has 0 spiro atoms. The molecular formula is C11H13N3OS. The van der Waals surface area contributed by atoms with Crippen molar-refractivity contribution in [2.75, 3.05) is 24.7 Å². The van der Waals surface area contributed by atoms with E-state index < -0.39 is 0 Å². The molecule has 0 aliphatic heterocycles. The predicted molar refractivity (Wildman–Crippen MR) is 65.3 cm³/mol. The lowest BCUT2D eigenvalue weighted by atomic mass is 10.3. The normalized spacial score (nSPS) is 9.25. The summed E-state index contributed by atoms with van der Waals surface area (Å²) in [6, 6.07) is 9.62. The zero-order valence-corrected chi connectivity index (χ0v) is 9.80. The molecule has 16 heavy (non-hydrogen) atoms. The van der Waals surface area contributed by atoms with Gasteiger partial charge in [0.1, 0.15) is 6.54 Å². The molecule has 0 bridgehead atoms. The van der Waals surface area contributed by atoms with Crippen molar-refractivity contribution in [1.29, 1.82) is 5.26 Å². The van der Waals surface area contributed by atoms with Crippen LogP contribution in [-0.4, -0.2) is 25.3 Å². The minimum absolute atomic E-state index is 0.0463. The Morgan fingerprint density at radius 2 is 2.25 bits per heavy atom. The Morgan fingerprint density at radius 3 is 2.94 bits per heavy atom. The number of nitrogens with one attached hydrogen (secondary N) is 2. The Hall–Kier alpha value is -1.67. The number of thioether (sulfide) groups is 1. The second kappa shape index (κ2) is 6.75. The zero-order valence-electron chi connectivity index (χ0n) is 8.99. The first-order valence-electron chi connectivity index (χ1n) is 4.78. The van der Waals surface area contributed by atoms with Crippen molar-refractivity contribution in [2.45, 2.75) is 4.90 Å². The molecule has 1 aromatic carbocycles. The van der Waals surface area contributed by atoms with Crippen molar-refractivity contribution in [3.63, 3.8) is 0 Å². The van der Waals surface area contributed by atoms with Crippen LogP contribution in [0.5, 0.6) is 0 Å². The molecule has 0 aliphatic carbocycles. The maximum Gasteiger partial charge on any atom is 0.240 e. The summed E-state index contributed by atoms with van der Waals surface area (Å²) < 4.78 is 0. The topological polar surface area (TPSA) is 64.9 Å². The number of nitrogens with zero attached hydrogens (tertiary/aromatic N) is 1. The first kappa shape index (κ1) is 12.4. The van der Waals surface area contributed by atoms with Gasteiger partial charge in [-0.2, -0.15) is 5.26 Å². The second-order valence-corrected chi connectivity index (χ2v) is 3.84. The van der Waals surface area contributed by atoms with E-state index in [2.05, 4.69) is 10.6 Å². The standard InChI is InChI=1S/C11H13N3OS/c1-16-10-5-3-2-4-9(10)14-8-11(15)13-7-6-12/h2-5,14H,7-8H2,1H3,(H,13,15). The van der Waals surface area contributed by atoms with E-state index in [0.717, 1.165) is 10.6 Å². The number of anilines is 1. The summed E-state index contributed by atoms with van der Waals surface area (Å²) in [6.07, 6.45) is 1.98. The molecule has 0 heterocycles. The molecular weight excluding hydrogens is 222 g/mol. The second-order valence-electron chi connectivity index (χ2n) is 2.99. The largest absolute Gasteiger partial charge is 0.375 e. The van der Waals surface area contributed by atoms with Crippen LogP contribution in [0.3, 0.4) is 0 Å². The van der Waals surface area contributed by atoms with E-state index in [4.69, 9.17) is 5.26 Å². The Morgan fingerprint density at radius 1 is 1.50 bits per heavy atom. The van der Waals surface area contributed by atoms with E-state index >= 15 is 0 Å². The number of carbonyl (C=O) groups excluding carboxylic acids is 1. The maximum absolute atomic E-state index is 11.2. The monoisotopic (exact) mass is 235 g/mol. The Kier molecular flexibility index (Phi) is 5.23. The maximum atomic E-state index is 11.2. The highest BCUT2D eigenvalue weighted by atomic mass is 32.2. The fourth-order valence-corrected chi connectivity index (χ4v) is 1.74. The zero-order chi connectivity index (χ0) is 11.8. The van der Waals surface area contributed by atoms with Gasteiger partial charge in [-0.15, -0.1) is 11.8 Å². The van der Waals surface area contributed by atoms with Crippen LogP contribution in [0, 0.1) is 11.3 Å². The minimum atomic E-state index is -0.183. The van der Waals surface area contributed by atoms with E-state index in [0.29, 0.717) is 0 Å². The smallest absolute Gasteiger partial charge is 0.240 e. The van der Waals surface area contributed by atoms with Crippen molar-refractivity contribution in [1.82, 2.24) is 5.32 Å². The Balaban J connectivity index is 2.48. The molecule has 0 aliphatic rings. The van der Waals surface area contributed by atoms with Gasteiger partial charge in [-0.25, -0.2) is 0 Å². The van der Waals surface area contributed by atoms with Crippen LogP contribution in [0.1, 0.15) is 0 Å². The summed E-state index contributed by atoms with van der Waals surface area (Å²) in [4.78, 5) is 12.3. The van der Waals surface area contributed by atoms with Crippen molar-refractivity contribution in [3.8, 4) is 6.07 Å². The molecule has 1 rings (SSSR count). The summed E-state index contributed by atoms with van der Waals surface area (Å²) in [5, 5.41) is 13.8. The summed E-state index contributed by atoms with van der Waals surface area (Å²) in [5.41, 5.74) is 0.933. The third kappa shape index (κ3) is 3.83. The van der Waals surface area contributed by atoms with Crippen molar-refractivity contribution in [2.24, 2.45) is 0 Å². The molecule has 1 aromatic rings. The summed E-state index contributed by atoms with van der Waals surface area (Å²) >= 11 is 1.62. The average Bonchev–Trinajstić information content (AvgIpc) is 2.34. The van der Waals surface area contributed by atoms with Gasteiger partial charge in [-0.05, 0) is 18.4 Å². The van der Waals surface area contributed by atoms with Gasteiger partial charge in [0.2, 0.25) is 5.91 Å². The lowest BCUT2D eigenvalue weighted by Crippen LogP contribution is -2.30. The SMILES string of the molecule is CSc1ccccc1NCC(=O)NCC#N. The molecule has 2 N–H and O–H groups in total. The molecule has 0 saturated heterocycles. The van der Waals surface area contributed by atoms with Gasteiger partial charge < -0.3 is 10.6 Å².